The van der Waals surface area contributed by atoms with Crippen molar-refractivity contribution in [1.29, 1.82) is 5.26 Å². The summed E-state index contributed by atoms with van der Waals surface area (Å²) in [5.41, 5.74) is 5.86. The SMILES string of the molecule is COc1cc(-c2ccc(C#N)cc2)c(-c2ccc(C=O)cc2)n2cncc12. The Hall–Kier alpha value is -3.91. The van der Waals surface area contributed by atoms with Crippen molar-refractivity contribution < 1.29 is 9.53 Å². The summed E-state index contributed by atoms with van der Waals surface area (Å²) in [7, 11) is 1.63. The van der Waals surface area contributed by atoms with E-state index in [2.05, 4.69) is 11.1 Å². The smallest absolute Gasteiger partial charge is 0.150 e. The van der Waals surface area contributed by atoms with Crippen LogP contribution in [0.5, 0.6) is 5.75 Å². The lowest BCUT2D eigenvalue weighted by Gasteiger charge is -2.16. The molecule has 2 heterocycles. The van der Waals surface area contributed by atoms with E-state index in [4.69, 9.17) is 10.00 Å². The van der Waals surface area contributed by atoms with Gasteiger partial charge in [-0.05, 0) is 29.3 Å². The summed E-state index contributed by atoms with van der Waals surface area (Å²) in [4.78, 5) is 15.3. The number of carbonyl (C=O) groups is 1. The number of methoxy groups -OCH3 is 1. The lowest BCUT2D eigenvalue weighted by Crippen LogP contribution is -1.98. The third-order valence-electron chi connectivity index (χ3n) is 4.53. The minimum Gasteiger partial charge on any atom is -0.494 e. The second kappa shape index (κ2) is 6.77. The largest absolute Gasteiger partial charge is 0.494 e. The van der Waals surface area contributed by atoms with Gasteiger partial charge in [0, 0.05) is 11.1 Å². The van der Waals surface area contributed by atoms with Crippen molar-refractivity contribution in [2.75, 3.05) is 7.11 Å². The summed E-state index contributed by atoms with van der Waals surface area (Å²) < 4.78 is 7.54. The van der Waals surface area contributed by atoms with Gasteiger partial charge in [-0.3, -0.25) is 9.20 Å². The van der Waals surface area contributed by atoms with Crippen molar-refractivity contribution in [3.63, 3.8) is 0 Å². The lowest BCUT2D eigenvalue weighted by molar-refractivity contribution is 0.112. The van der Waals surface area contributed by atoms with E-state index in [1.54, 1.807) is 43.9 Å². The van der Waals surface area contributed by atoms with Crippen molar-refractivity contribution in [2.24, 2.45) is 0 Å². The number of fused-ring (bicyclic) bond motifs is 1. The number of rotatable bonds is 4. The lowest BCUT2D eigenvalue weighted by atomic mass is 9.97. The van der Waals surface area contributed by atoms with Crippen molar-refractivity contribution >= 4 is 11.8 Å². The topological polar surface area (TPSA) is 67.4 Å². The third-order valence-corrected chi connectivity index (χ3v) is 4.53. The molecule has 2 aromatic carbocycles. The van der Waals surface area contributed by atoms with Crippen molar-refractivity contribution in [2.45, 2.75) is 0 Å². The van der Waals surface area contributed by atoms with E-state index in [0.717, 1.165) is 34.2 Å². The van der Waals surface area contributed by atoms with E-state index in [-0.39, 0.29) is 0 Å². The summed E-state index contributed by atoms with van der Waals surface area (Å²) in [6, 6.07) is 18.9. The molecule has 0 saturated heterocycles. The van der Waals surface area contributed by atoms with Crippen molar-refractivity contribution in [1.82, 2.24) is 9.38 Å². The first-order valence-corrected chi connectivity index (χ1v) is 8.34. The number of aromatic nitrogens is 2. The number of carbonyl (C=O) groups excluding carboxylic acids is 1. The fourth-order valence-corrected chi connectivity index (χ4v) is 3.18. The molecule has 5 heteroatoms. The number of ether oxygens (including phenoxy) is 1. The van der Waals surface area contributed by atoms with Gasteiger partial charge in [0.25, 0.3) is 0 Å². The standard InChI is InChI=1S/C22H15N3O2/c1-27-21-10-19(17-6-2-15(11-23)3-7-17)22(25-14-24-12-20(21)25)18-8-4-16(13-26)5-9-18/h2-10,12-14H,1H3. The van der Waals surface area contributed by atoms with Gasteiger partial charge in [0.1, 0.15) is 17.6 Å². The molecule has 0 aliphatic rings. The molecule has 0 N–H and O–H groups in total. The number of nitrogens with zero attached hydrogens (tertiary/aromatic N) is 3. The van der Waals surface area contributed by atoms with Crippen LogP contribution in [0.15, 0.2) is 67.1 Å². The van der Waals surface area contributed by atoms with Crippen LogP contribution >= 0.6 is 0 Å². The highest BCUT2D eigenvalue weighted by molar-refractivity contribution is 5.87. The highest BCUT2D eigenvalue weighted by Crippen LogP contribution is 2.37. The molecule has 0 radical (unpaired) electrons. The zero-order chi connectivity index (χ0) is 18.8. The van der Waals surface area contributed by atoms with Crippen LogP contribution in [0.4, 0.5) is 0 Å². The molecule has 4 rings (SSSR count). The van der Waals surface area contributed by atoms with E-state index in [1.165, 1.54) is 0 Å². The Morgan fingerprint density at radius 1 is 1.07 bits per heavy atom. The molecule has 0 unspecified atom stereocenters. The predicted molar refractivity (Wildman–Crippen MR) is 103 cm³/mol. The Labute approximate surface area is 156 Å². The molecule has 0 saturated carbocycles. The minimum atomic E-state index is 0.603. The van der Waals surface area contributed by atoms with E-state index in [9.17, 15) is 4.79 Å². The van der Waals surface area contributed by atoms with Gasteiger partial charge in [0.15, 0.2) is 0 Å². The third kappa shape index (κ3) is 2.83. The molecule has 0 aliphatic carbocycles. The van der Waals surface area contributed by atoms with Crippen molar-refractivity contribution in [3.05, 3.63) is 78.2 Å². The molecule has 5 nitrogen and oxygen atoms in total. The fraction of sp³-hybridized carbons (Fsp3) is 0.0455. The van der Waals surface area contributed by atoms with Crippen LogP contribution in [0.1, 0.15) is 15.9 Å². The van der Waals surface area contributed by atoms with Gasteiger partial charge in [-0.1, -0.05) is 36.4 Å². The quantitative estimate of drug-likeness (QED) is 0.511. The van der Waals surface area contributed by atoms with Gasteiger partial charge in [0.2, 0.25) is 0 Å². The average Bonchev–Trinajstić information content (AvgIpc) is 3.22. The van der Waals surface area contributed by atoms with Crippen LogP contribution in [0.3, 0.4) is 0 Å². The van der Waals surface area contributed by atoms with Gasteiger partial charge in [-0.15, -0.1) is 0 Å². The molecule has 130 valence electrons. The number of imidazole rings is 1. The Morgan fingerprint density at radius 2 is 1.78 bits per heavy atom. The van der Waals surface area contributed by atoms with E-state index in [1.807, 2.05) is 34.7 Å². The number of aldehydes is 1. The van der Waals surface area contributed by atoms with Gasteiger partial charge >= 0.3 is 0 Å². The Balaban J connectivity index is 2.03. The maximum Gasteiger partial charge on any atom is 0.150 e. The minimum absolute atomic E-state index is 0.603. The number of pyridine rings is 1. The van der Waals surface area contributed by atoms with Gasteiger partial charge < -0.3 is 4.74 Å². The molecule has 0 atom stereocenters. The van der Waals surface area contributed by atoms with Gasteiger partial charge in [-0.25, -0.2) is 4.98 Å². The molecule has 0 bridgehead atoms. The molecule has 0 aliphatic heterocycles. The van der Waals surface area contributed by atoms with Crippen LogP contribution in [0, 0.1) is 11.3 Å². The first-order valence-electron chi connectivity index (χ1n) is 8.34. The van der Waals surface area contributed by atoms with Crippen molar-refractivity contribution in [3.8, 4) is 34.2 Å². The molecular formula is C22H15N3O2. The summed E-state index contributed by atoms with van der Waals surface area (Å²) in [6.45, 7) is 0. The van der Waals surface area contributed by atoms with Crippen LogP contribution in [0.25, 0.3) is 27.9 Å². The molecule has 0 amide bonds. The highest BCUT2D eigenvalue weighted by Gasteiger charge is 2.16. The molecule has 2 aromatic heterocycles. The molecule has 4 aromatic rings. The monoisotopic (exact) mass is 353 g/mol. The van der Waals surface area contributed by atoms with E-state index < -0.39 is 0 Å². The zero-order valence-electron chi connectivity index (χ0n) is 14.6. The summed E-state index contributed by atoms with van der Waals surface area (Å²) in [5, 5.41) is 9.07. The predicted octanol–water partition coefficient (Wildman–Crippen LogP) is 4.36. The highest BCUT2D eigenvalue weighted by atomic mass is 16.5. The fourth-order valence-electron chi connectivity index (χ4n) is 3.18. The summed E-state index contributed by atoms with van der Waals surface area (Å²) >= 11 is 0. The number of hydrogen-bond acceptors (Lipinski definition) is 4. The van der Waals surface area contributed by atoms with Crippen LogP contribution in [0.2, 0.25) is 0 Å². The second-order valence-corrected chi connectivity index (χ2v) is 6.05. The number of hydrogen-bond donors (Lipinski definition) is 0. The maximum absolute atomic E-state index is 11.0. The van der Waals surface area contributed by atoms with Crippen LogP contribution in [-0.4, -0.2) is 22.8 Å². The molecule has 0 fully saturated rings. The van der Waals surface area contributed by atoms with Gasteiger partial charge in [0.05, 0.1) is 37.0 Å². The van der Waals surface area contributed by atoms with Crippen LogP contribution < -0.4 is 4.74 Å². The number of benzene rings is 2. The Morgan fingerprint density at radius 3 is 2.41 bits per heavy atom. The summed E-state index contributed by atoms with van der Waals surface area (Å²) in [6.07, 6.45) is 4.32. The second-order valence-electron chi connectivity index (χ2n) is 6.05. The average molecular weight is 353 g/mol. The van der Waals surface area contributed by atoms with Crippen LogP contribution in [-0.2, 0) is 0 Å². The molecule has 27 heavy (non-hydrogen) atoms. The molecule has 0 spiro atoms. The molecular weight excluding hydrogens is 338 g/mol. The van der Waals surface area contributed by atoms with Gasteiger partial charge in [-0.2, -0.15) is 5.26 Å². The van der Waals surface area contributed by atoms with E-state index in [0.29, 0.717) is 16.9 Å². The Bertz CT molecular complexity index is 1170. The zero-order valence-corrected chi connectivity index (χ0v) is 14.6. The normalized spacial score (nSPS) is 10.5. The number of nitriles is 1. The first kappa shape index (κ1) is 16.6. The summed E-state index contributed by atoms with van der Waals surface area (Å²) in [5.74, 6) is 0.708. The maximum atomic E-state index is 11.0. The Kier molecular flexibility index (Phi) is 4.15. The van der Waals surface area contributed by atoms with E-state index >= 15 is 0 Å². The first-order chi connectivity index (χ1) is 13.2.